The van der Waals surface area contributed by atoms with Crippen molar-refractivity contribution >= 4 is 49.9 Å². The highest BCUT2D eigenvalue weighted by Gasteiger charge is 2.14. The Kier molecular flexibility index (Phi) is 5.05. The van der Waals surface area contributed by atoms with E-state index in [2.05, 4.69) is 63.2 Å². The van der Waals surface area contributed by atoms with Crippen molar-refractivity contribution in [2.24, 2.45) is 5.10 Å². The summed E-state index contributed by atoms with van der Waals surface area (Å²) in [5.41, 5.74) is 5.85. The molecule has 1 unspecified atom stereocenters. The van der Waals surface area contributed by atoms with Gasteiger partial charge in [0.15, 0.2) is 0 Å². The van der Waals surface area contributed by atoms with Gasteiger partial charge < -0.3 is 8.98 Å². The Morgan fingerprint density at radius 3 is 2.93 bits per heavy atom. The fraction of sp³-hybridized carbons (Fsp3) is 0.182. The van der Waals surface area contributed by atoms with Crippen LogP contribution in [0.25, 0.3) is 21.9 Å². The van der Waals surface area contributed by atoms with Crippen LogP contribution in [0, 0.1) is 0 Å². The van der Waals surface area contributed by atoms with Gasteiger partial charge in [-0.25, -0.2) is 5.43 Å². The Balaban J connectivity index is 1.59. The summed E-state index contributed by atoms with van der Waals surface area (Å²) in [6, 6.07) is 14.2. The van der Waals surface area contributed by atoms with Crippen LogP contribution in [0.1, 0.15) is 42.2 Å². The van der Waals surface area contributed by atoms with E-state index < -0.39 is 0 Å². The van der Waals surface area contributed by atoms with Crippen LogP contribution >= 0.6 is 15.9 Å². The number of benzene rings is 2. The molecule has 0 aliphatic carbocycles. The Labute approximate surface area is 171 Å². The quantitative estimate of drug-likeness (QED) is 0.312. The number of fused-ring (bicyclic) bond motifs is 2. The molecule has 4 aromatic rings. The fourth-order valence-corrected chi connectivity index (χ4v) is 3.66. The van der Waals surface area contributed by atoms with E-state index in [4.69, 9.17) is 4.42 Å². The Hall–Kier alpha value is -2.86. The van der Waals surface area contributed by atoms with Gasteiger partial charge >= 0.3 is 0 Å². The third-order valence-electron chi connectivity index (χ3n) is 4.99. The molecule has 1 amide bonds. The second kappa shape index (κ2) is 7.64. The molecule has 6 heteroatoms. The summed E-state index contributed by atoms with van der Waals surface area (Å²) in [4.78, 5) is 12.5. The lowest BCUT2D eigenvalue weighted by Crippen LogP contribution is -2.17. The average Bonchev–Trinajstić information content (AvgIpc) is 3.29. The maximum absolute atomic E-state index is 12.5. The van der Waals surface area contributed by atoms with E-state index in [1.807, 2.05) is 30.3 Å². The van der Waals surface area contributed by atoms with Crippen LogP contribution in [0.4, 0.5) is 0 Å². The van der Waals surface area contributed by atoms with Crippen molar-refractivity contribution < 1.29 is 9.21 Å². The molecule has 4 rings (SSSR count). The van der Waals surface area contributed by atoms with Crippen molar-refractivity contribution in [2.75, 3.05) is 0 Å². The lowest BCUT2D eigenvalue weighted by Gasteiger charge is -2.12. The number of carbonyl (C=O) groups excluding carboxylic acids is 1. The average molecular weight is 438 g/mol. The molecule has 0 saturated carbocycles. The number of hydrogen-bond acceptors (Lipinski definition) is 3. The molecule has 2 aromatic heterocycles. The summed E-state index contributed by atoms with van der Waals surface area (Å²) in [5, 5.41) is 6.04. The predicted octanol–water partition coefficient (Wildman–Crippen LogP) is 5.88. The van der Waals surface area contributed by atoms with Gasteiger partial charge in [-0.2, -0.15) is 5.10 Å². The van der Waals surface area contributed by atoms with Crippen molar-refractivity contribution in [3.63, 3.8) is 0 Å². The number of amides is 1. The zero-order chi connectivity index (χ0) is 19.7. The van der Waals surface area contributed by atoms with Crippen molar-refractivity contribution in [2.45, 2.75) is 26.3 Å². The second-order valence-corrected chi connectivity index (χ2v) is 7.67. The number of rotatable bonds is 5. The summed E-state index contributed by atoms with van der Waals surface area (Å²) >= 11 is 3.42. The summed E-state index contributed by atoms with van der Waals surface area (Å²) in [5.74, 6) is -0.307. The molecule has 28 heavy (non-hydrogen) atoms. The molecule has 1 N–H and O–H groups in total. The van der Waals surface area contributed by atoms with E-state index in [0.29, 0.717) is 17.2 Å². The molecule has 142 valence electrons. The molecule has 2 heterocycles. The third kappa shape index (κ3) is 3.36. The molecular weight excluding hydrogens is 418 g/mol. The summed E-state index contributed by atoms with van der Waals surface area (Å²) < 4.78 is 8.59. The summed E-state index contributed by atoms with van der Waals surface area (Å²) in [7, 11) is 0. The number of halogens is 1. The number of nitrogens with one attached hydrogen (secondary N) is 1. The number of aromatic nitrogens is 1. The predicted molar refractivity (Wildman–Crippen MR) is 116 cm³/mol. The number of hydrazone groups is 1. The van der Waals surface area contributed by atoms with Crippen LogP contribution < -0.4 is 5.43 Å². The van der Waals surface area contributed by atoms with Crippen LogP contribution in [0.3, 0.4) is 0 Å². The molecular formula is C22H20BrN3O2. The molecule has 0 radical (unpaired) electrons. The number of nitrogens with zero attached hydrogens (tertiary/aromatic N) is 2. The first-order valence-electron chi connectivity index (χ1n) is 9.18. The van der Waals surface area contributed by atoms with Gasteiger partial charge in [-0.3, -0.25) is 4.79 Å². The molecule has 0 bridgehead atoms. The highest BCUT2D eigenvalue weighted by molar-refractivity contribution is 9.10. The van der Waals surface area contributed by atoms with Gasteiger partial charge in [0, 0.05) is 38.6 Å². The Morgan fingerprint density at radius 2 is 2.11 bits per heavy atom. The highest BCUT2D eigenvalue weighted by Crippen LogP contribution is 2.26. The minimum absolute atomic E-state index is 0.307. The summed E-state index contributed by atoms with van der Waals surface area (Å²) in [6.07, 6.45) is 6.27. The van der Waals surface area contributed by atoms with Gasteiger partial charge in [0.05, 0.1) is 11.8 Å². The summed E-state index contributed by atoms with van der Waals surface area (Å²) in [6.45, 7) is 4.36. The van der Waals surface area contributed by atoms with Crippen molar-refractivity contribution in [3.05, 3.63) is 70.5 Å². The van der Waals surface area contributed by atoms with Gasteiger partial charge in [0.2, 0.25) is 0 Å². The Morgan fingerprint density at radius 1 is 1.29 bits per heavy atom. The molecule has 2 aromatic carbocycles. The van der Waals surface area contributed by atoms with Crippen LogP contribution in [-0.4, -0.2) is 16.7 Å². The fourth-order valence-electron chi connectivity index (χ4n) is 3.29. The van der Waals surface area contributed by atoms with Gasteiger partial charge in [0.25, 0.3) is 5.91 Å². The molecule has 0 spiro atoms. The van der Waals surface area contributed by atoms with Crippen LogP contribution in [0.15, 0.2) is 68.9 Å². The lowest BCUT2D eigenvalue weighted by atomic mass is 10.2. The SMILES string of the molecule is CCC(C)n1cc(C=NNC(=O)c2coc3ccc(Br)cc23)c2ccccc21. The number of carbonyl (C=O) groups is 1. The van der Waals surface area contributed by atoms with E-state index in [0.717, 1.165) is 32.7 Å². The maximum Gasteiger partial charge on any atom is 0.275 e. The molecule has 5 nitrogen and oxygen atoms in total. The number of para-hydroxylation sites is 1. The number of hydrogen-bond donors (Lipinski definition) is 1. The van der Waals surface area contributed by atoms with Gasteiger partial charge in [0.1, 0.15) is 11.8 Å². The van der Waals surface area contributed by atoms with E-state index >= 15 is 0 Å². The van der Waals surface area contributed by atoms with E-state index in [9.17, 15) is 4.79 Å². The van der Waals surface area contributed by atoms with Crippen molar-refractivity contribution in [1.82, 2.24) is 9.99 Å². The highest BCUT2D eigenvalue weighted by atomic mass is 79.9. The largest absolute Gasteiger partial charge is 0.463 e. The van der Waals surface area contributed by atoms with Gasteiger partial charge in [-0.05, 0) is 37.6 Å². The van der Waals surface area contributed by atoms with Gasteiger partial charge in [-0.15, -0.1) is 0 Å². The first-order chi connectivity index (χ1) is 13.6. The van der Waals surface area contributed by atoms with Crippen molar-refractivity contribution in [3.8, 4) is 0 Å². The molecule has 0 saturated heterocycles. The van der Waals surface area contributed by atoms with Crippen LogP contribution in [-0.2, 0) is 0 Å². The third-order valence-corrected chi connectivity index (χ3v) is 5.48. The van der Waals surface area contributed by atoms with E-state index in [1.165, 1.54) is 6.26 Å². The Bertz CT molecular complexity index is 1190. The topological polar surface area (TPSA) is 59.5 Å². The zero-order valence-electron chi connectivity index (χ0n) is 15.6. The lowest BCUT2D eigenvalue weighted by molar-refractivity contribution is 0.0956. The molecule has 0 aliphatic rings. The van der Waals surface area contributed by atoms with Crippen LogP contribution in [0.5, 0.6) is 0 Å². The maximum atomic E-state index is 12.5. The van der Waals surface area contributed by atoms with Gasteiger partial charge in [-0.1, -0.05) is 41.1 Å². The monoisotopic (exact) mass is 437 g/mol. The smallest absolute Gasteiger partial charge is 0.275 e. The minimum Gasteiger partial charge on any atom is -0.463 e. The first kappa shape index (κ1) is 18.5. The first-order valence-corrected chi connectivity index (χ1v) is 9.97. The van der Waals surface area contributed by atoms with Crippen molar-refractivity contribution in [1.29, 1.82) is 0 Å². The number of furan rings is 1. The minimum atomic E-state index is -0.307. The van der Waals surface area contributed by atoms with E-state index in [-0.39, 0.29) is 5.91 Å². The molecule has 1 atom stereocenters. The standard InChI is InChI=1S/C22H20BrN3O2/c1-3-14(2)26-12-15(17-6-4-5-7-20(17)26)11-24-25-22(27)19-13-28-21-9-8-16(23)10-18(19)21/h4-14H,3H2,1-2H3,(H,25,27). The second-order valence-electron chi connectivity index (χ2n) is 6.76. The molecule has 0 fully saturated rings. The normalized spacial score (nSPS) is 12.8. The van der Waals surface area contributed by atoms with Crippen LogP contribution in [0.2, 0.25) is 0 Å². The zero-order valence-corrected chi connectivity index (χ0v) is 17.2. The van der Waals surface area contributed by atoms with E-state index in [1.54, 1.807) is 6.21 Å². The molecule has 0 aliphatic heterocycles.